The van der Waals surface area contributed by atoms with Crippen molar-refractivity contribution in [3.63, 3.8) is 0 Å². The number of hydrogen-bond donors (Lipinski definition) is 1. The summed E-state index contributed by atoms with van der Waals surface area (Å²) in [4.78, 5) is 25.4. The van der Waals surface area contributed by atoms with Crippen molar-refractivity contribution in [2.45, 2.75) is 19.9 Å². The fraction of sp³-hybridized carbons (Fsp3) is 0.250. The van der Waals surface area contributed by atoms with Gasteiger partial charge in [-0.3, -0.25) is 9.59 Å². The number of hydrogen-bond acceptors (Lipinski definition) is 4. The van der Waals surface area contributed by atoms with Crippen molar-refractivity contribution in [1.82, 2.24) is 4.90 Å². The molecule has 0 aromatic heterocycles. The van der Waals surface area contributed by atoms with Crippen molar-refractivity contribution < 1.29 is 19.1 Å². The van der Waals surface area contributed by atoms with E-state index in [1.165, 1.54) is 0 Å². The molecule has 6 heteroatoms. The van der Waals surface area contributed by atoms with Crippen LogP contribution in [0.25, 0.3) is 10.8 Å². The zero-order chi connectivity index (χ0) is 21.5. The van der Waals surface area contributed by atoms with E-state index in [9.17, 15) is 9.59 Å². The second-order valence-corrected chi connectivity index (χ2v) is 7.05. The lowest BCUT2D eigenvalue weighted by atomic mass is 10.0. The fourth-order valence-corrected chi connectivity index (χ4v) is 3.20. The predicted molar refractivity (Wildman–Crippen MR) is 117 cm³/mol. The summed E-state index contributed by atoms with van der Waals surface area (Å²) in [5.41, 5.74) is 6.59. The van der Waals surface area contributed by atoms with Crippen LogP contribution in [0.5, 0.6) is 11.5 Å². The van der Waals surface area contributed by atoms with E-state index in [1.807, 2.05) is 30.3 Å². The lowest BCUT2D eigenvalue weighted by Gasteiger charge is -2.21. The lowest BCUT2D eigenvalue weighted by molar-refractivity contribution is -0.119. The largest absolute Gasteiger partial charge is 0.493 e. The molecule has 2 N–H and O–H groups in total. The molecule has 0 fully saturated rings. The van der Waals surface area contributed by atoms with E-state index in [0.717, 1.165) is 28.5 Å². The van der Waals surface area contributed by atoms with E-state index in [-0.39, 0.29) is 12.5 Å². The molecule has 0 atom stereocenters. The third kappa shape index (κ3) is 5.08. The van der Waals surface area contributed by atoms with Crippen LogP contribution in [0.3, 0.4) is 0 Å². The van der Waals surface area contributed by atoms with Gasteiger partial charge in [-0.2, -0.15) is 0 Å². The molecule has 0 unspecified atom stereocenters. The van der Waals surface area contributed by atoms with Crippen molar-refractivity contribution in [1.29, 1.82) is 0 Å². The molecule has 0 aliphatic rings. The van der Waals surface area contributed by atoms with Gasteiger partial charge in [0.05, 0.1) is 6.61 Å². The maximum atomic E-state index is 13.0. The molecule has 0 saturated carbocycles. The first-order valence-electron chi connectivity index (χ1n) is 9.89. The van der Waals surface area contributed by atoms with E-state index >= 15 is 0 Å². The highest BCUT2D eigenvalue weighted by Crippen LogP contribution is 2.30. The number of nitrogens with two attached hydrogens (primary N) is 1. The number of ether oxygens (including phenoxy) is 2. The average Bonchev–Trinajstić information content (AvgIpc) is 2.76. The number of amides is 2. The summed E-state index contributed by atoms with van der Waals surface area (Å²) in [7, 11) is 1.77. The maximum Gasteiger partial charge on any atom is 0.255 e. The molecule has 0 heterocycles. The second-order valence-electron chi connectivity index (χ2n) is 7.05. The summed E-state index contributed by atoms with van der Waals surface area (Å²) >= 11 is 0. The van der Waals surface area contributed by atoms with E-state index in [0.29, 0.717) is 24.5 Å². The summed E-state index contributed by atoms with van der Waals surface area (Å²) in [6, 6.07) is 18.7. The van der Waals surface area contributed by atoms with Crippen LogP contribution in [0.2, 0.25) is 0 Å². The Hall–Kier alpha value is -3.54. The van der Waals surface area contributed by atoms with Crippen LogP contribution in [0.15, 0.2) is 60.7 Å². The molecule has 30 heavy (non-hydrogen) atoms. The first kappa shape index (κ1) is 21.2. The molecule has 156 valence electrons. The predicted octanol–water partition coefficient (Wildman–Crippen LogP) is 3.76. The van der Waals surface area contributed by atoms with Gasteiger partial charge in [0.15, 0.2) is 6.61 Å². The van der Waals surface area contributed by atoms with Crippen molar-refractivity contribution in [2.24, 2.45) is 5.73 Å². The molecule has 0 aliphatic carbocycles. The molecule has 0 bridgehead atoms. The molecular formula is C24H26N2O4. The highest BCUT2D eigenvalue weighted by atomic mass is 16.5. The first-order chi connectivity index (χ1) is 14.5. The van der Waals surface area contributed by atoms with Gasteiger partial charge >= 0.3 is 0 Å². The first-order valence-corrected chi connectivity index (χ1v) is 9.89. The molecule has 0 radical (unpaired) electrons. The number of carbonyl (C=O) groups is 2. The van der Waals surface area contributed by atoms with Crippen LogP contribution < -0.4 is 15.2 Å². The maximum absolute atomic E-state index is 13.0. The molecule has 3 aromatic carbocycles. The molecule has 0 saturated heterocycles. The van der Waals surface area contributed by atoms with Crippen LogP contribution in [0, 0.1) is 0 Å². The van der Waals surface area contributed by atoms with Gasteiger partial charge in [-0.05, 0) is 47.5 Å². The van der Waals surface area contributed by atoms with Crippen molar-refractivity contribution in [3.8, 4) is 11.5 Å². The van der Waals surface area contributed by atoms with Gasteiger partial charge in [-0.25, -0.2) is 0 Å². The summed E-state index contributed by atoms with van der Waals surface area (Å²) in [5, 5.41) is 2.18. The monoisotopic (exact) mass is 406 g/mol. The number of carbonyl (C=O) groups excluding carboxylic acids is 2. The van der Waals surface area contributed by atoms with E-state index in [1.54, 1.807) is 36.2 Å². The topological polar surface area (TPSA) is 81.9 Å². The SMILES string of the molecule is CCCOc1ccc2ccccc2c1CN(C)C(=O)c1ccc(OCC(N)=O)cc1. The Morgan fingerprint density at radius 3 is 2.40 bits per heavy atom. The zero-order valence-corrected chi connectivity index (χ0v) is 17.3. The molecule has 3 rings (SSSR count). The number of fused-ring (bicyclic) bond motifs is 1. The number of nitrogens with zero attached hydrogens (tertiary/aromatic N) is 1. The molecule has 6 nitrogen and oxygen atoms in total. The molecule has 3 aromatic rings. The Balaban J connectivity index is 1.80. The summed E-state index contributed by atoms with van der Waals surface area (Å²) < 4.78 is 11.2. The van der Waals surface area contributed by atoms with Crippen LogP contribution in [-0.2, 0) is 11.3 Å². The minimum atomic E-state index is -0.550. The minimum Gasteiger partial charge on any atom is -0.493 e. The van der Waals surface area contributed by atoms with E-state index < -0.39 is 5.91 Å². The third-order valence-electron chi connectivity index (χ3n) is 4.68. The second kappa shape index (κ2) is 9.78. The molecule has 0 aliphatic heterocycles. The Labute approximate surface area is 176 Å². The fourth-order valence-electron chi connectivity index (χ4n) is 3.20. The normalized spacial score (nSPS) is 10.6. The summed E-state index contributed by atoms with van der Waals surface area (Å²) in [6.07, 6.45) is 0.908. The minimum absolute atomic E-state index is 0.120. The summed E-state index contributed by atoms with van der Waals surface area (Å²) in [6.45, 7) is 2.90. The van der Waals surface area contributed by atoms with Gasteiger partial charge in [-0.15, -0.1) is 0 Å². The Morgan fingerprint density at radius 2 is 1.70 bits per heavy atom. The average molecular weight is 406 g/mol. The lowest BCUT2D eigenvalue weighted by Crippen LogP contribution is -2.26. The number of rotatable bonds is 9. The van der Waals surface area contributed by atoms with E-state index in [4.69, 9.17) is 15.2 Å². The number of benzene rings is 3. The van der Waals surface area contributed by atoms with Crippen molar-refractivity contribution in [3.05, 3.63) is 71.8 Å². The summed E-state index contributed by atoms with van der Waals surface area (Å²) in [5.74, 6) is 0.611. The molecular weight excluding hydrogens is 380 g/mol. The Bertz CT molecular complexity index is 1030. The highest BCUT2D eigenvalue weighted by Gasteiger charge is 2.17. The zero-order valence-electron chi connectivity index (χ0n) is 17.3. The van der Waals surface area contributed by atoms with Crippen LogP contribution >= 0.6 is 0 Å². The van der Waals surface area contributed by atoms with Crippen molar-refractivity contribution >= 4 is 22.6 Å². The van der Waals surface area contributed by atoms with Crippen molar-refractivity contribution in [2.75, 3.05) is 20.3 Å². The third-order valence-corrected chi connectivity index (χ3v) is 4.68. The smallest absolute Gasteiger partial charge is 0.255 e. The Kier molecular flexibility index (Phi) is 6.91. The van der Waals surface area contributed by atoms with Crippen LogP contribution in [-0.4, -0.2) is 37.0 Å². The van der Waals surface area contributed by atoms with Gasteiger partial charge in [0.1, 0.15) is 11.5 Å². The van der Waals surface area contributed by atoms with Gasteiger partial charge < -0.3 is 20.1 Å². The van der Waals surface area contributed by atoms with Gasteiger partial charge in [0.25, 0.3) is 11.8 Å². The Morgan fingerprint density at radius 1 is 0.967 bits per heavy atom. The number of primary amides is 1. The highest BCUT2D eigenvalue weighted by molar-refractivity contribution is 5.95. The standard InChI is InChI=1S/C24H26N2O4/c1-3-14-29-22-13-10-17-6-4-5-7-20(17)21(22)15-26(2)24(28)18-8-11-19(12-9-18)30-16-23(25)27/h4-13H,3,14-16H2,1-2H3,(H2,25,27). The van der Waals surface area contributed by atoms with Crippen LogP contribution in [0.1, 0.15) is 29.3 Å². The van der Waals surface area contributed by atoms with Gasteiger partial charge in [0, 0.05) is 24.7 Å². The molecule has 0 spiro atoms. The molecule has 2 amide bonds. The van der Waals surface area contributed by atoms with Gasteiger partial charge in [-0.1, -0.05) is 37.3 Å². The van der Waals surface area contributed by atoms with Crippen LogP contribution in [0.4, 0.5) is 0 Å². The quantitative estimate of drug-likeness (QED) is 0.587. The van der Waals surface area contributed by atoms with E-state index in [2.05, 4.69) is 13.0 Å². The van der Waals surface area contributed by atoms with Gasteiger partial charge in [0.2, 0.25) is 0 Å².